The van der Waals surface area contributed by atoms with E-state index in [1.54, 1.807) is 11.9 Å². The lowest BCUT2D eigenvalue weighted by atomic mass is 10.1. The van der Waals surface area contributed by atoms with E-state index in [2.05, 4.69) is 15.4 Å². The number of nitrogen functional groups attached to an aromatic ring is 1. The molecule has 3 aromatic rings. The zero-order valence-electron chi connectivity index (χ0n) is 17.0. The second-order valence-electron chi connectivity index (χ2n) is 7.48. The highest BCUT2D eigenvalue weighted by Crippen LogP contribution is 2.35. The van der Waals surface area contributed by atoms with E-state index in [4.69, 9.17) is 5.73 Å². The number of hydrogen-bond acceptors (Lipinski definition) is 6. The lowest BCUT2D eigenvalue weighted by Gasteiger charge is -2.24. The molecule has 4 rings (SSSR count). The molecule has 2 aromatic heterocycles. The minimum Gasteiger partial charge on any atom is -0.389 e. The molecule has 0 unspecified atom stereocenters. The predicted molar refractivity (Wildman–Crippen MR) is 114 cm³/mol. The summed E-state index contributed by atoms with van der Waals surface area (Å²) >= 11 is 0.786. The van der Waals surface area contributed by atoms with E-state index in [1.165, 1.54) is 16.9 Å². The van der Waals surface area contributed by atoms with E-state index >= 15 is 0 Å². The summed E-state index contributed by atoms with van der Waals surface area (Å²) in [6.07, 6.45) is 1.19. The van der Waals surface area contributed by atoms with Gasteiger partial charge in [0.05, 0.1) is 11.8 Å². The molecule has 0 saturated carbocycles. The van der Waals surface area contributed by atoms with Gasteiger partial charge in [0.2, 0.25) is 5.92 Å². The summed E-state index contributed by atoms with van der Waals surface area (Å²) in [6.45, 7) is 0.485. The van der Waals surface area contributed by atoms with Crippen LogP contribution in [0.4, 0.5) is 34.1 Å². The predicted octanol–water partition coefficient (Wildman–Crippen LogP) is 4.28. The molecule has 1 aliphatic rings. The Kier molecular flexibility index (Phi) is 5.80. The van der Waals surface area contributed by atoms with E-state index in [0.29, 0.717) is 24.5 Å². The highest BCUT2D eigenvalue weighted by atomic mass is 32.1. The number of thiazole rings is 1. The lowest BCUT2D eigenvalue weighted by molar-refractivity contribution is -0.0102. The number of nitrogens with zero attached hydrogens (tertiary/aromatic N) is 4. The van der Waals surface area contributed by atoms with Crippen molar-refractivity contribution in [2.75, 3.05) is 29.0 Å². The van der Waals surface area contributed by atoms with Crippen molar-refractivity contribution in [3.63, 3.8) is 0 Å². The van der Waals surface area contributed by atoms with Gasteiger partial charge < -0.3 is 16.0 Å². The first kappa shape index (κ1) is 22.1. The van der Waals surface area contributed by atoms with Crippen LogP contribution >= 0.6 is 11.3 Å². The molecule has 3 N–H and O–H groups in total. The quantitative estimate of drug-likeness (QED) is 0.558. The number of aromatic nitrogens is 3. The maximum Gasteiger partial charge on any atom is 0.277 e. The van der Waals surface area contributed by atoms with Gasteiger partial charge in [0.1, 0.15) is 27.3 Å². The van der Waals surface area contributed by atoms with E-state index in [1.807, 2.05) is 0 Å². The largest absolute Gasteiger partial charge is 0.389 e. The molecule has 0 radical (unpaired) electrons. The zero-order valence-corrected chi connectivity index (χ0v) is 17.9. The summed E-state index contributed by atoms with van der Waals surface area (Å²) < 4.78 is 57.2. The Bertz CT molecular complexity index is 1140. The minimum atomic E-state index is -2.73. The van der Waals surface area contributed by atoms with Gasteiger partial charge in [0.15, 0.2) is 11.5 Å². The molecule has 12 heteroatoms. The van der Waals surface area contributed by atoms with Crippen LogP contribution in [0.1, 0.15) is 29.8 Å². The van der Waals surface area contributed by atoms with Gasteiger partial charge >= 0.3 is 0 Å². The van der Waals surface area contributed by atoms with Crippen molar-refractivity contribution in [1.29, 1.82) is 0 Å². The molecular formula is C20H20F4N6OS. The van der Waals surface area contributed by atoms with Crippen molar-refractivity contribution >= 4 is 33.8 Å². The molecule has 1 saturated heterocycles. The average molecular weight is 468 g/mol. The van der Waals surface area contributed by atoms with Crippen LogP contribution in [0.5, 0.6) is 0 Å². The number of hydrogen-bond donors (Lipinski definition) is 2. The molecule has 0 bridgehead atoms. The lowest BCUT2D eigenvalue weighted by Crippen LogP contribution is -2.29. The summed E-state index contributed by atoms with van der Waals surface area (Å²) in [5, 5.41) is 6.70. The number of benzene rings is 1. The molecule has 1 amide bonds. The topological polar surface area (TPSA) is 89.1 Å². The molecule has 1 aromatic carbocycles. The third-order valence-electron chi connectivity index (χ3n) is 5.22. The molecule has 0 atom stereocenters. The van der Waals surface area contributed by atoms with Crippen LogP contribution in [-0.2, 0) is 7.05 Å². The number of rotatable bonds is 4. The summed E-state index contributed by atoms with van der Waals surface area (Å²) in [4.78, 5) is 18.6. The molecule has 7 nitrogen and oxygen atoms in total. The maximum absolute atomic E-state index is 14.1. The van der Waals surface area contributed by atoms with Gasteiger partial charge in [-0.2, -0.15) is 5.10 Å². The highest BCUT2D eigenvalue weighted by Gasteiger charge is 2.33. The minimum absolute atomic E-state index is 0.0139. The molecular weight excluding hydrogens is 448 g/mol. The van der Waals surface area contributed by atoms with Gasteiger partial charge in [-0.3, -0.25) is 9.48 Å². The van der Waals surface area contributed by atoms with Crippen molar-refractivity contribution in [2.45, 2.75) is 25.2 Å². The second kappa shape index (κ2) is 8.41. The standard InChI is InChI=1S/C20H20F4N6OS/c1-29-19(30-8-3-6-20(23,24)7-9-30)13(10-26-29)27-17(31)15-16(25)32-18(28-15)14-11(21)4-2-5-12(14)22/h2,4-5,10H,3,6-9,25H2,1H3,(H,27,31). The Morgan fingerprint density at radius 2 is 1.94 bits per heavy atom. The Balaban J connectivity index is 1.59. The van der Waals surface area contributed by atoms with Crippen LogP contribution in [0.15, 0.2) is 24.4 Å². The number of halogens is 4. The number of anilines is 3. The highest BCUT2D eigenvalue weighted by molar-refractivity contribution is 7.19. The van der Waals surface area contributed by atoms with Gasteiger partial charge in [-0.05, 0) is 18.6 Å². The van der Waals surface area contributed by atoms with Crippen LogP contribution < -0.4 is 16.0 Å². The monoisotopic (exact) mass is 468 g/mol. The van der Waals surface area contributed by atoms with Crippen LogP contribution in [0.25, 0.3) is 10.6 Å². The SMILES string of the molecule is Cn1ncc(NC(=O)c2nc(-c3c(F)cccc3F)sc2N)c1N1CCCC(F)(F)CC1. The van der Waals surface area contributed by atoms with Gasteiger partial charge in [0, 0.05) is 33.0 Å². The van der Waals surface area contributed by atoms with Crippen molar-refractivity contribution in [3.05, 3.63) is 41.7 Å². The van der Waals surface area contributed by atoms with Crippen molar-refractivity contribution in [2.24, 2.45) is 7.05 Å². The number of carbonyl (C=O) groups excluding carboxylic acids is 1. The Hall–Kier alpha value is -3.15. The van der Waals surface area contributed by atoms with Crippen LogP contribution in [0.2, 0.25) is 0 Å². The van der Waals surface area contributed by atoms with E-state index < -0.39 is 23.5 Å². The third kappa shape index (κ3) is 4.27. The molecule has 3 heterocycles. The first-order valence-electron chi connectivity index (χ1n) is 9.83. The van der Waals surface area contributed by atoms with Crippen molar-refractivity contribution < 1.29 is 22.4 Å². The van der Waals surface area contributed by atoms with Crippen LogP contribution in [-0.4, -0.2) is 39.7 Å². The Morgan fingerprint density at radius 1 is 1.22 bits per heavy atom. The molecule has 1 aliphatic heterocycles. The molecule has 0 aliphatic carbocycles. The zero-order chi connectivity index (χ0) is 23.0. The van der Waals surface area contributed by atoms with Gasteiger partial charge in [0.25, 0.3) is 5.91 Å². The fourth-order valence-electron chi connectivity index (χ4n) is 3.66. The van der Waals surface area contributed by atoms with Gasteiger partial charge in [-0.1, -0.05) is 17.4 Å². The molecule has 1 fully saturated rings. The number of nitrogens with one attached hydrogen (secondary N) is 1. The summed E-state index contributed by atoms with van der Waals surface area (Å²) in [6, 6.07) is 3.39. The molecule has 170 valence electrons. The van der Waals surface area contributed by atoms with E-state index in [-0.39, 0.29) is 40.7 Å². The van der Waals surface area contributed by atoms with Crippen molar-refractivity contribution in [1.82, 2.24) is 14.8 Å². The van der Waals surface area contributed by atoms with Crippen LogP contribution in [0, 0.1) is 11.6 Å². The van der Waals surface area contributed by atoms with Gasteiger partial charge in [-0.25, -0.2) is 22.5 Å². The number of alkyl halides is 2. The van der Waals surface area contributed by atoms with E-state index in [9.17, 15) is 22.4 Å². The number of carbonyl (C=O) groups is 1. The second-order valence-corrected chi connectivity index (χ2v) is 8.52. The fourth-order valence-corrected chi connectivity index (χ4v) is 4.53. The Labute approximate surface area is 184 Å². The smallest absolute Gasteiger partial charge is 0.277 e. The summed E-state index contributed by atoms with van der Waals surface area (Å²) in [5.74, 6) is -4.60. The van der Waals surface area contributed by atoms with Gasteiger partial charge in [-0.15, -0.1) is 0 Å². The van der Waals surface area contributed by atoms with E-state index in [0.717, 1.165) is 23.5 Å². The number of nitrogens with two attached hydrogens (primary N) is 1. The number of amides is 1. The Morgan fingerprint density at radius 3 is 2.66 bits per heavy atom. The summed E-state index contributed by atoms with van der Waals surface area (Å²) in [7, 11) is 1.64. The summed E-state index contributed by atoms with van der Waals surface area (Å²) in [5.41, 5.74) is 5.65. The average Bonchev–Trinajstić information content (AvgIpc) is 3.21. The van der Waals surface area contributed by atoms with Crippen LogP contribution in [0.3, 0.4) is 0 Å². The third-order valence-corrected chi connectivity index (χ3v) is 6.12. The maximum atomic E-state index is 14.1. The normalized spacial score (nSPS) is 16.1. The number of aryl methyl sites for hydroxylation is 1. The molecule has 32 heavy (non-hydrogen) atoms. The first-order valence-corrected chi connectivity index (χ1v) is 10.6. The van der Waals surface area contributed by atoms with Crippen molar-refractivity contribution in [3.8, 4) is 10.6 Å². The molecule has 0 spiro atoms. The first-order chi connectivity index (χ1) is 15.2. The fraction of sp³-hybridized carbons (Fsp3) is 0.350.